The topological polar surface area (TPSA) is 142 Å². The molecule has 4 N–H and O–H groups in total. The zero-order valence-corrected chi connectivity index (χ0v) is 39.9. The van der Waals surface area contributed by atoms with Crippen molar-refractivity contribution in [1.29, 1.82) is 0 Å². The Hall–Kier alpha value is -3.20. The molecule has 0 aromatic heterocycles. The van der Waals surface area contributed by atoms with Gasteiger partial charge >= 0.3 is 11.9 Å². The number of amides is 2. The minimum Gasteiger partial charge on any atom is -0.480 e. The van der Waals surface area contributed by atoms with Crippen LogP contribution in [0.1, 0.15) is 239 Å². The van der Waals surface area contributed by atoms with Crippen LogP contribution in [0.25, 0.3) is 0 Å². The fourth-order valence-electron chi connectivity index (χ4n) is 7.37. The smallest absolute Gasteiger partial charge is 0.328 e. The molecule has 2 unspecified atom stereocenters. The van der Waals surface area contributed by atoms with E-state index in [1.807, 2.05) is 0 Å². The number of aliphatic hydroxyl groups excluding tert-OH is 1. The van der Waals surface area contributed by atoms with Gasteiger partial charge in [0, 0.05) is 12.8 Å². The van der Waals surface area contributed by atoms with Gasteiger partial charge in [-0.15, -0.1) is 0 Å². The van der Waals surface area contributed by atoms with Crippen molar-refractivity contribution in [1.82, 2.24) is 10.6 Å². The SMILES string of the molecule is CCCCCCC/C=C\C/C=C\C/C=C\CCCCCCCCCCC(=O)OC(CCC/C=C\CCCCCCCC)CCCCCCCC(=O)NCC(=O)NC(CO)C(=O)O. The van der Waals surface area contributed by atoms with Gasteiger partial charge in [0.1, 0.15) is 12.1 Å². The van der Waals surface area contributed by atoms with Crippen LogP contribution < -0.4 is 10.6 Å². The van der Waals surface area contributed by atoms with Crippen molar-refractivity contribution in [2.45, 2.75) is 251 Å². The van der Waals surface area contributed by atoms with Crippen molar-refractivity contribution in [3.8, 4) is 0 Å². The Balaban J connectivity index is 4.24. The van der Waals surface area contributed by atoms with Gasteiger partial charge in [0.2, 0.25) is 11.8 Å². The maximum absolute atomic E-state index is 12.9. The van der Waals surface area contributed by atoms with E-state index in [1.165, 1.54) is 122 Å². The summed E-state index contributed by atoms with van der Waals surface area (Å²) < 4.78 is 6.03. The Bertz CT molecular complexity index is 1180. The van der Waals surface area contributed by atoms with Crippen molar-refractivity contribution in [2.24, 2.45) is 0 Å². The molecular formula is C53H94N2O7. The van der Waals surface area contributed by atoms with Crippen LogP contribution in [-0.4, -0.2) is 59.3 Å². The molecule has 62 heavy (non-hydrogen) atoms. The quantitative estimate of drug-likeness (QED) is 0.0271. The fraction of sp³-hybridized carbons (Fsp3) is 0.774. The Labute approximate surface area is 379 Å². The lowest BCUT2D eigenvalue weighted by Crippen LogP contribution is -2.47. The molecule has 2 atom stereocenters. The molecular weight excluding hydrogens is 777 g/mol. The first-order valence-electron chi connectivity index (χ1n) is 25.5. The first-order chi connectivity index (χ1) is 30.3. The van der Waals surface area contributed by atoms with Gasteiger partial charge in [0.15, 0.2) is 0 Å². The number of allylic oxidation sites excluding steroid dienone is 8. The number of rotatable bonds is 46. The summed E-state index contributed by atoms with van der Waals surface area (Å²) >= 11 is 0. The van der Waals surface area contributed by atoms with Gasteiger partial charge in [-0.25, -0.2) is 4.79 Å². The molecule has 0 spiro atoms. The van der Waals surface area contributed by atoms with E-state index in [0.29, 0.717) is 12.8 Å². The van der Waals surface area contributed by atoms with Gasteiger partial charge in [-0.2, -0.15) is 0 Å². The Morgan fingerprint density at radius 1 is 0.484 bits per heavy atom. The minimum atomic E-state index is -1.39. The lowest BCUT2D eigenvalue weighted by atomic mass is 10.0. The number of hydrogen-bond donors (Lipinski definition) is 4. The van der Waals surface area contributed by atoms with Gasteiger partial charge in [-0.1, -0.05) is 178 Å². The maximum atomic E-state index is 12.9. The monoisotopic (exact) mass is 871 g/mol. The second-order valence-corrected chi connectivity index (χ2v) is 17.3. The molecule has 0 aliphatic rings. The number of nitrogens with one attached hydrogen (secondary N) is 2. The van der Waals surface area contributed by atoms with Crippen LogP contribution in [0.3, 0.4) is 0 Å². The fourth-order valence-corrected chi connectivity index (χ4v) is 7.37. The molecule has 9 heteroatoms. The van der Waals surface area contributed by atoms with Crippen LogP contribution in [0.2, 0.25) is 0 Å². The number of aliphatic hydroxyl groups is 1. The predicted molar refractivity (Wildman–Crippen MR) is 259 cm³/mol. The third kappa shape index (κ3) is 43.4. The highest BCUT2D eigenvalue weighted by atomic mass is 16.5. The van der Waals surface area contributed by atoms with Crippen LogP contribution in [0.4, 0.5) is 0 Å². The van der Waals surface area contributed by atoms with Crippen LogP contribution in [0.15, 0.2) is 48.6 Å². The molecule has 358 valence electrons. The highest BCUT2D eigenvalue weighted by Gasteiger charge is 2.19. The molecule has 0 aromatic rings. The molecule has 0 heterocycles. The zero-order valence-electron chi connectivity index (χ0n) is 39.9. The van der Waals surface area contributed by atoms with E-state index in [1.54, 1.807) is 0 Å². The van der Waals surface area contributed by atoms with E-state index in [4.69, 9.17) is 14.9 Å². The summed E-state index contributed by atoms with van der Waals surface area (Å²) in [5.41, 5.74) is 0. The molecule has 0 aliphatic heterocycles. The molecule has 0 aromatic carbocycles. The summed E-state index contributed by atoms with van der Waals surface area (Å²) in [5, 5.41) is 22.6. The second kappa shape index (κ2) is 47.3. The summed E-state index contributed by atoms with van der Waals surface area (Å²) in [6.07, 6.45) is 57.2. The van der Waals surface area contributed by atoms with Crippen molar-refractivity contribution in [3.05, 3.63) is 48.6 Å². The zero-order chi connectivity index (χ0) is 45.4. The average Bonchev–Trinajstić information content (AvgIpc) is 3.26. The Morgan fingerprint density at radius 3 is 1.39 bits per heavy atom. The number of ether oxygens (including phenoxy) is 1. The molecule has 0 bridgehead atoms. The normalized spacial score (nSPS) is 12.8. The summed E-state index contributed by atoms with van der Waals surface area (Å²) in [6, 6.07) is -1.39. The standard InChI is InChI=1S/C53H94N2O7/c1-3-5-7-9-11-13-15-16-17-18-19-20-21-22-23-24-25-26-28-30-32-37-41-45-52(59)62-48(42-38-34-31-29-27-14-12-10-8-6-4-2)43-39-35-33-36-40-44-50(57)54-46-51(58)55-49(47-56)53(60)61/h15-16,18-19,21-22,29,31,48-49,56H,3-14,17,20,23-28,30,32-47H2,1-2H3,(H,54,57)(H,55,58)(H,60,61)/b16-15-,19-18-,22-21-,31-29-. The molecule has 0 saturated heterocycles. The molecule has 9 nitrogen and oxygen atoms in total. The number of unbranched alkanes of at least 4 members (excludes halogenated alkanes) is 24. The number of carboxylic acid groups (broad SMARTS) is 1. The molecule has 2 amide bonds. The largest absolute Gasteiger partial charge is 0.480 e. The molecule has 0 saturated carbocycles. The van der Waals surface area contributed by atoms with Crippen LogP contribution in [0.5, 0.6) is 0 Å². The predicted octanol–water partition coefficient (Wildman–Crippen LogP) is 13.5. The average molecular weight is 871 g/mol. The minimum absolute atomic E-state index is 0.0498. The Kier molecular flexibility index (Phi) is 44.8. The highest BCUT2D eigenvalue weighted by molar-refractivity contribution is 5.87. The number of aliphatic carboxylic acids is 1. The van der Waals surface area contributed by atoms with E-state index in [-0.39, 0.29) is 30.9 Å². The number of carbonyl (C=O) groups is 4. The van der Waals surface area contributed by atoms with Crippen LogP contribution in [0, 0.1) is 0 Å². The number of hydrogen-bond acceptors (Lipinski definition) is 6. The summed E-state index contributed by atoms with van der Waals surface area (Å²) in [6.45, 7) is 3.47. The van der Waals surface area contributed by atoms with Gasteiger partial charge in [-0.3, -0.25) is 14.4 Å². The van der Waals surface area contributed by atoms with Crippen molar-refractivity contribution >= 4 is 23.8 Å². The number of carboxylic acids is 1. The van der Waals surface area contributed by atoms with E-state index in [2.05, 4.69) is 73.1 Å². The summed E-state index contributed by atoms with van der Waals surface area (Å²) in [7, 11) is 0. The molecule has 0 radical (unpaired) electrons. The third-order valence-corrected chi connectivity index (χ3v) is 11.3. The molecule has 0 rings (SSSR count). The van der Waals surface area contributed by atoms with Gasteiger partial charge < -0.3 is 25.6 Å². The number of esters is 1. The molecule has 0 fully saturated rings. The van der Waals surface area contributed by atoms with E-state index in [9.17, 15) is 19.2 Å². The number of carbonyl (C=O) groups excluding carboxylic acids is 3. The highest BCUT2D eigenvalue weighted by Crippen LogP contribution is 2.18. The first-order valence-corrected chi connectivity index (χ1v) is 25.5. The lowest BCUT2D eigenvalue weighted by molar-refractivity contribution is -0.150. The van der Waals surface area contributed by atoms with E-state index in [0.717, 1.165) is 83.5 Å². The molecule has 0 aliphatic carbocycles. The van der Waals surface area contributed by atoms with Crippen molar-refractivity contribution in [3.63, 3.8) is 0 Å². The Morgan fingerprint density at radius 2 is 0.887 bits per heavy atom. The van der Waals surface area contributed by atoms with Crippen molar-refractivity contribution in [2.75, 3.05) is 13.2 Å². The summed E-state index contributed by atoms with van der Waals surface area (Å²) in [4.78, 5) is 47.7. The van der Waals surface area contributed by atoms with Crippen LogP contribution >= 0.6 is 0 Å². The first kappa shape index (κ1) is 58.8. The third-order valence-electron chi connectivity index (χ3n) is 11.3. The van der Waals surface area contributed by atoms with Gasteiger partial charge in [0.05, 0.1) is 13.2 Å². The van der Waals surface area contributed by atoms with E-state index >= 15 is 0 Å². The van der Waals surface area contributed by atoms with Crippen molar-refractivity contribution < 1.29 is 34.1 Å². The summed E-state index contributed by atoms with van der Waals surface area (Å²) in [5.74, 6) is -2.32. The van der Waals surface area contributed by atoms with E-state index < -0.39 is 24.5 Å². The maximum Gasteiger partial charge on any atom is 0.328 e. The van der Waals surface area contributed by atoms with Gasteiger partial charge in [0.25, 0.3) is 0 Å². The second-order valence-electron chi connectivity index (χ2n) is 17.3. The lowest BCUT2D eigenvalue weighted by Gasteiger charge is -2.18. The van der Waals surface area contributed by atoms with Crippen LogP contribution in [-0.2, 0) is 23.9 Å². The van der Waals surface area contributed by atoms with Gasteiger partial charge in [-0.05, 0) is 96.3 Å².